The summed E-state index contributed by atoms with van der Waals surface area (Å²) in [7, 11) is 3.12. The number of carbonyl (C=O) groups is 1. The maximum atomic E-state index is 11.1. The summed E-state index contributed by atoms with van der Waals surface area (Å²) in [6.07, 6.45) is 1.31. The van der Waals surface area contributed by atoms with Crippen LogP contribution >= 0.6 is 0 Å². The molecule has 5 nitrogen and oxygen atoms in total. The van der Waals surface area contributed by atoms with E-state index in [4.69, 9.17) is 18.9 Å². The van der Waals surface area contributed by atoms with E-state index >= 15 is 0 Å². The second kappa shape index (κ2) is 8.06. The van der Waals surface area contributed by atoms with Crippen LogP contribution in [0.1, 0.15) is 18.6 Å². The van der Waals surface area contributed by atoms with Crippen LogP contribution in [0.15, 0.2) is 55.1 Å². The molecule has 5 heteroatoms. The largest absolute Gasteiger partial charge is 0.497 e. The van der Waals surface area contributed by atoms with E-state index in [0.29, 0.717) is 17.2 Å². The van der Waals surface area contributed by atoms with E-state index in [1.165, 1.54) is 14.0 Å². The van der Waals surface area contributed by atoms with Gasteiger partial charge >= 0.3 is 5.97 Å². The number of hydrogen-bond acceptors (Lipinski definition) is 5. The highest BCUT2D eigenvalue weighted by molar-refractivity contribution is 5.70. The molecule has 0 bridgehead atoms. The van der Waals surface area contributed by atoms with Crippen LogP contribution in [0.3, 0.4) is 0 Å². The fraction of sp³-hybridized carbons (Fsp3) is 0.211. The lowest BCUT2D eigenvalue weighted by Gasteiger charge is -2.18. The number of esters is 1. The zero-order valence-corrected chi connectivity index (χ0v) is 13.9. The number of ether oxygens (including phenoxy) is 4. The summed E-state index contributed by atoms with van der Waals surface area (Å²) in [5.41, 5.74) is 0.827. The molecule has 0 aliphatic heterocycles. The molecule has 0 spiro atoms. The molecular weight excluding hydrogens is 308 g/mol. The lowest BCUT2D eigenvalue weighted by atomic mass is 10.1. The van der Waals surface area contributed by atoms with Crippen molar-refractivity contribution >= 4 is 5.97 Å². The van der Waals surface area contributed by atoms with E-state index < -0.39 is 5.97 Å². The van der Waals surface area contributed by atoms with Crippen LogP contribution in [0.5, 0.6) is 23.0 Å². The molecule has 1 unspecified atom stereocenters. The molecule has 2 aromatic rings. The Morgan fingerprint density at radius 3 is 2.21 bits per heavy atom. The van der Waals surface area contributed by atoms with Crippen molar-refractivity contribution in [2.24, 2.45) is 0 Å². The van der Waals surface area contributed by atoms with Crippen molar-refractivity contribution in [1.29, 1.82) is 0 Å². The Hall–Kier alpha value is -2.95. The molecule has 0 radical (unpaired) electrons. The first-order valence-electron chi connectivity index (χ1n) is 7.37. The Bertz CT molecular complexity index is 706. The maximum absolute atomic E-state index is 11.1. The molecule has 1 atom stereocenters. The third-order valence-corrected chi connectivity index (χ3v) is 3.31. The van der Waals surface area contributed by atoms with Gasteiger partial charge in [-0.25, -0.2) is 0 Å². The maximum Gasteiger partial charge on any atom is 0.308 e. The number of rotatable bonds is 7. The average Bonchev–Trinajstić information content (AvgIpc) is 2.60. The van der Waals surface area contributed by atoms with Crippen molar-refractivity contribution in [2.75, 3.05) is 14.2 Å². The molecular formula is C19H20O5. The van der Waals surface area contributed by atoms with Crippen molar-refractivity contribution < 1.29 is 23.7 Å². The van der Waals surface area contributed by atoms with Crippen molar-refractivity contribution in [3.63, 3.8) is 0 Å². The minimum absolute atomic E-state index is 0.362. The van der Waals surface area contributed by atoms with Crippen molar-refractivity contribution in [3.05, 3.63) is 60.7 Å². The first-order valence-corrected chi connectivity index (χ1v) is 7.37. The highest BCUT2D eigenvalue weighted by Gasteiger charge is 2.14. The summed E-state index contributed by atoms with van der Waals surface area (Å²) >= 11 is 0. The van der Waals surface area contributed by atoms with Gasteiger partial charge in [0, 0.05) is 12.5 Å². The predicted octanol–water partition coefficient (Wildman–Crippen LogP) is 3.94. The fourth-order valence-electron chi connectivity index (χ4n) is 2.15. The summed E-state index contributed by atoms with van der Waals surface area (Å²) in [5, 5.41) is 0. The quantitative estimate of drug-likeness (QED) is 0.438. The van der Waals surface area contributed by atoms with Crippen LogP contribution in [-0.4, -0.2) is 20.2 Å². The van der Waals surface area contributed by atoms with Crippen LogP contribution in [-0.2, 0) is 4.79 Å². The van der Waals surface area contributed by atoms with E-state index in [2.05, 4.69) is 6.58 Å². The Morgan fingerprint density at radius 2 is 1.67 bits per heavy atom. The number of methoxy groups -OCH3 is 2. The molecule has 0 N–H and O–H groups in total. The number of benzene rings is 2. The molecule has 0 saturated carbocycles. The molecule has 0 saturated heterocycles. The van der Waals surface area contributed by atoms with Crippen LogP contribution in [0.4, 0.5) is 0 Å². The molecule has 24 heavy (non-hydrogen) atoms. The number of hydrogen-bond donors (Lipinski definition) is 0. The molecule has 0 aromatic heterocycles. The monoisotopic (exact) mass is 328 g/mol. The van der Waals surface area contributed by atoms with E-state index in [9.17, 15) is 4.79 Å². The van der Waals surface area contributed by atoms with E-state index in [-0.39, 0.29) is 6.10 Å². The van der Waals surface area contributed by atoms with Crippen LogP contribution < -0.4 is 18.9 Å². The Balaban J connectivity index is 2.22. The van der Waals surface area contributed by atoms with E-state index in [1.807, 2.05) is 24.3 Å². The topological polar surface area (TPSA) is 54.0 Å². The minimum atomic E-state index is -0.407. The standard InChI is InChI=1S/C19H20O5/c1-5-17(24-16-9-7-15(21-3)8-10-16)14-6-11-18(23-13(2)20)19(12-14)22-4/h5-12,17H,1H2,2-4H3. The highest BCUT2D eigenvalue weighted by atomic mass is 16.6. The summed E-state index contributed by atoms with van der Waals surface area (Å²) < 4.78 is 21.4. The van der Waals surface area contributed by atoms with Gasteiger partial charge in [-0.05, 0) is 42.5 Å². The zero-order chi connectivity index (χ0) is 17.5. The van der Waals surface area contributed by atoms with Gasteiger partial charge in [0.2, 0.25) is 0 Å². The summed E-state index contributed by atoms with van der Waals surface area (Å²) in [4.78, 5) is 11.1. The van der Waals surface area contributed by atoms with Gasteiger partial charge in [0.15, 0.2) is 11.5 Å². The number of carbonyl (C=O) groups excluding carboxylic acids is 1. The first-order chi connectivity index (χ1) is 11.6. The van der Waals surface area contributed by atoms with Crippen LogP contribution in [0.2, 0.25) is 0 Å². The minimum Gasteiger partial charge on any atom is -0.497 e. The molecule has 2 rings (SSSR count). The van der Waals surface area contributed by atoms with Crippen molar-refractivity contribution in [2.45, 2.75) is 13.0 Å². The van der Waals surface area contributed by atoms with Gasteiger partial charge in [0.05, 0.1) is 14.2 Å². The molecule has 0 aliphatic carbocycles. The van der Waals surface area contributed by atoms with E-state index in [1.54, 1.807) is 31.4 Å². The van der Waals surface area contributed by atoms with Crippen molar-refractivity contribution in [3.8, 4) is 23.0 Å². The molecule has 0 aliphatic rings. The summed E-state index contributed by atoms with van der Waals surface area (Å²) in [6, 6.07) is 12.5. The lowest BCUT2D eigenvalue weighted by molar-refractivity contribution is -0.132. The SMILES string of the molecule is C=CC(Oc1ccc(OC)cc1)c1ccc(OC(C)=O)c(OC)c1. The summed E-state index contributed by atoms with van der Waals surface area (Å²) in [6.45, 7) is 5.16. The first kappa shape index (κ1) is 17.4. The van der Waals surface area contributed by atoms with Gasteiger partial charge in [-0.1, -0.05) is 12.6 Å². The third kappa shape index (κ3) is 4.29. The Kier molecular flexibility index (Phi) is 5.84. The fourth-order valence-corrected chi connectivity index (χ4v) is 2.15. The second-order valence-corrected chi connectivity index (χ2v) is 4.95. The predicted molar refractivity (Wildman–Crippen MR) is 90.9 cm³/mol. The average molecular weight is 328 g/mol. The molecule has 0 amide bonds. The molecule has 126 valence electrons. The smallest absolute Gasteiger partial charge is 0.308 e. The van der Waals surface area contributed by atoms with Crippen LogP contribution in [0.25, 0.3) is 0 Å². The molecule has 0 fully saturated rings. The molecule has 2 aromatic carbocycles. The van der Waals surface area contributed by atoms with Gasteiger partial charge < -0.3 is 18.9 Å². The van der Waals surface area contributed by atoms with Gasteiger partial charge in [-0.2, -0.15) is 0 Å². The van der Waals surface area contributed by atoms with Gasteiger partial charge in [-0.3, -0.25) is 4.79 Å². The normalized spacial score (nSPS) is 11.3. The zero-order valence-electron chi connectivity index (χ0n) is 13.9. The second-order valence-electron chi connectivity index (χ2n) is 4.95. The third-order valence-electron chi connectivity index (χ3n) is 3.31. The van der Waals surface area contributed by atoms with E-state index in [0.717, 1.165) is 11.3 Å². The van der Waals surface area contributed by atoms with Gasteiger partial charge in [0.25, 0.3) is 0 Å². The Labute approximate surface area is 141 Å². The summed E-state index contributed by atoms with van der Waals surface area (Å²) in [5.74, 6) is 1.85. The van der Waals surface area contributed by atoms with Crippen molar-refractivity contribution in [1.82, 2.24) is 0 Å². The van der Waals surface area contributed by atoms with Gasteiger partial charge in [-0.15, -0.1) is 0 Å². The van der Waals surface area contributed by atoms with Crippen LogP contribution in [0, 0.1) is 0 Å². The lowest BCUT2D eigenvalue weighted by Crippen LogP contribution is -2.07. The highest BCUT2D eigenvalue weighted by Crippen LogP contribution is 2.32. The van der Waals surface area contributed by atoms with Gasteiger partial charge in [0.1, 0.15) is 17.6 Å². The molecule has 0 heterocycles. The Morgan fingerprint density at radius 1 is 1.00 bits per heavy atom.